The number of nitrogens with one attached hydrogen (secondary N) is 3. The van der Waals surface area contributed by atoms with Crippen LogP contribution in [0.5, 0.6) is 5.75 Å². The monoisotopic (exact) mass is 439 g/mol. The fourth-order valence-corrected chi connectivity index (χ4v) is 4.30. The van der Waals surface area contributed by atoms with Gasteiger partial charge in [0.15, 0.2) is 5.78 Å². The highest BCUT2D eigenvalue weighted by Crippen LogP contribution is 2.36. The SMILES string of the molecule is CCCCC(NC(=O)c1[nH]c2c(c1C)C(=O)CC(C)(C)C2)C(=O)Nc1cccc(OC)c1. The zero-order chi connectivity index (χ0) is 23.5. The molecule has 3 N–H and O–H groups in total. The summed E-state index contributed by atoms with van der Waals surface area (Å²) >= 11 is 0. The molecule has 1 aliphatic rings. The standard InChI is InChI=1S/C25H33N3O4/c1-6-7-11-18(23(30)26-16-9-8-10-17(12-16)32-5)28-24(31)22-15(2)21-19(27-22)13-25(3,4)14-20(21)29/h8-10,12,18,27H,6-7,11,13-14H2,1-5H3,(H,26,30)(H,28,31). The summed E-state index contributed by atoms with van der Waals surface area (Å²) < 4.78 is 5.21. The molecule has 0 fully saturated rings. The molecule has 2 amide bonds. The second-order valence-corrected chi connectivity index (χ2v) is 9.31. The van der Waals surface area contributed by atoms with E-state index in [0.717, 1.165) is 18.5 Å². The van der Waals surface area contributed by atoms with Gasteiger partial charge in [-0.2, -0.15) is 0 Å². The van der Waals surface area contributed by atoms with Crippen molar-refractivity contribution in [2.24, 2.45) is 5.41 Å². The number of rotatable bonds is 8. The number of aromatic nitrogens is 1. The normalized spacial score (nSPS) is 15.6. The summed E-state index contributed by atoms with van der Waals surface area (Å²) in [4.78, 5) is 41.9. The second kappa shape index (κ2) is 9.59. The second-order valence-electron chi connectivity index (χ2n) is 9.31. The number of unbranched alkanes of at least 4 members (excludes halogenated alkanes) is 1. The smallest absolute Gasteiger partial charge is 0.268 e. The fourth-order valence-electron chi connectivity index (χ4n) is 4.30. The van der Waals surface area contributed by atoms with Gasteiger partial charge in [0, 0.05) is 29.4 Å². The number of H-pyrrole nitrogens is 1. The van der Waals surface area contributed by atoms with Crippen molar-refractivity contribution in [2.45, 2.75) is 65.8 Å². The largest absolute Gasteiger partial charge is 0.497 e. The molecule has 0 saturated heterocycles. The van der Waals surface area contributed by atoms with Crippen molar-refractivity contribution in [3.63, 3.8) is 0 Å². The number of aromatic amines is 1. The van der Waals surface area contributed by atoms with E-state index in [0.29, 0.717) is 47.5 Å². The van der Waals surface area contributed by atoms with Crippen LogP contribution in [-0.4, -0.2) is 35.7 Å². The summed E-state index contributed by atoms with van der Waals surface area (Å²) in [5.41, 5.74) is 2.90. The number of Topliss-reactive ketones (excluding diaryl/α,β-unsaturated/α-hetero) is 1. The average Bonchev–Trinajstić information content (AvgIpc) is 3.06. The molecule has 3 rings (SSSR count). The Labute approximate surface area is 189 Å². The van der Waals surface area contributed by atoms with Gasteiger partial charge in [-0.15, -0.1) is 0 Å². The van der Waals surface area contributed by atoms with Crippen LogP contribution in [0.2, 0.25) is 0 Å². The third kappa shape index (κ3) is 5.21. The maximum Gasteiger partial charge on any atom is 0.268 e. The quantitative estimate of drug-likeness (QED) is 0.567. The Hall–Kier alpha value is -3.09. The topological polar surface area (TPSA) is 100 Å². The zero-order valence-corrected chi connectivity index (χ0v) is 19.6. The van der Waals surface area contributed by atoms with E-state index in [1.165, 1.54) is 0 Å². The Morgan fingerprint density at radius 2 is 2.00 bits per heavy atom. The summed E-state index contributed by atoms with van der Waals surface area (Å²) in [6.07, 6.45) is 3.38. The van der Waals surface area contributed by atoms with Crippen LogP contribution in [0.25, 0.3) is 0 Å². The number of ketones is 1. The molecule has 32 heavy (non-hydrogen) atoms. The summed E-state index contributed by atoms with van der Waals surface area (Å²) in [5, 5.41) is 5.74. The average molecular weight is 440 g/mol. The molecular formula is C25H33N3O4. The maximum atomic E-state index is 13.1. The van der Waals surface area contributed by atoms with Gasteiger partial charge in [0.2, 0.25) is 5.91 Å². The fraction of sp³-hybridized carbons (Fsp3) is 0.480. The first-order valence-electron chi connectivity index (χ1n) is 11.2. The van der Waals surface area contributed by atoms with Crippen LogP contribution in [-0.2, 0) is 11.2 Å². The first-order chi connectivity index (χ1) is 15.1. The van der Waals surface area contributed by atoms with Crippen LogP contribution in [0.15, 0.2) is 24.3 Å². The molecule has 1 atom stereocenters. The van der Waals surface area contributed by atoms with Gasteiger partial charge >= 0.3 is 0 Å². The lowest BCUT2D eigenvalue weighted by Crippen LogP contribution is -2.44. The van der Waals surface area contributed by atoms with Crippen LogP contribution in [0.1, 0.15) is 78.6 Å². The number of carbonyl (C=O) groups is 3. The van der Waals surface area contributed by atoms with Gasteiger partial charge in [0.1, 0.15) is 17.5 Å². The lowest BCUT2D eigenvalue weighted by Gasteiger charge is -2.28. The van der Waals surface area contributed by atoms with E-state index in [9.17, 15) is 14.4 Å². The van der Waals surface area contributed by atoms with E-state index >= 15 is 0 Å². The number of ether oxygens (including phenoxy) is 1. The number of anilines is 1. The molecule has 0 radical (unpaired) electrons. The zero-order valence-electron chi connectivity index (χ0n) is 19.6. The Morgan fingerprint density at radius 1 is 1.25 bits per heavy atom. The van der Waals surface area contributed by atoms with Gasteiger partial charge in [-0.3, -0.25) is 14.4 Å². The van der Waals surface area contributed by atoms with Crippen molar-refractivity contribution < 1.29 is 19.1 Å². The van der Waals surface area contributed by atoms with Gasteiger partial charge in [0.25, 0.3) is 5.91 Å². The van der Waals surface area contributed by atoms with Crippen molar-refractivity contribution in [3.8, 4) is 5.75 Å². The Kier molecular flexibility index (Phi) is 7.06. The summed E-state index contributed by atoms with van der Waals surface area (Å²) in [6.45, 7) is 7.92. The molecule has 172 valence electrons. The Balaban J connectivity index is 1.79. The lowest BCUT2D eigenvalue weighted by molar-refractivity contribution is -0.118. The molecule has 0 bridgehead atoms. The van der Waals surface area contributed by atoms with Crippen molar-refractivity contribution in [3.05, 3.63) is 46.8 Å². The first-order valence-corrected chi connectivity index (χ1v) is 11.2. The predicted octanol–water partition coefficient (Wildman–Crippen LogP) is 4.41. The van der Waals surface area contributed by atoms with E-state index in [1.807, 2.05) is 20.8 Å². The minimum absolute atomic E-state index is 0.0577. The molecule has 1 aromatic heterocycles. The van der Waals surface area contributed by atoms with Crippen LogP contribution in [0, 0.1) is 12.3 Å². The molecule has 2 aromatic rings. The van der Waals surface area contributed by atoms with Crippen molar-refractivity contribution >= 4 is 23.3 Å². The van der Waals surface area contributed by atoms with Crippen molar-refractivity contribution in [2.75, 3.05) is 12.4 Å². The highest BCUT2D eigenvalue weighted by atomic mass is 16.5. The minimum Gasteiger partial charge on any atom is -0.497 e. The van der Waals surface area contributed by atoms with Gasteiger partial charge in [0.05, 0.1) is 7.11 Å². The van der Waals surface area contributed by atoms with Crippen molar-refractivity contribution in [1.82, 2.24) is 10.3 Å². The van der Waals surface area contributed by atoms with Gasteiger partial charge < -0.3 is 20.4 Å². The molecule has 1 aliphatic carbocycles. The first kappa shape index (κ1) is 23.6. The molecule has 0 aliphatic heterocycles. The summed E-state index contributed by atoms with van der Waals surface area (Å²) in [5.74, 6) is 0.0371. The Morgan fingerprint density at radius 3 is 2.69 bits per heavy atom. The van der Waals surface area contributed by atoms with Gasteiger partial charge in [-0.25, -0.2) is 0 Å². The highest BCUT2D eigenvalue weighted by Gasteiger charge is 2.35. The minimum atomic E-state index is -0.694. The number of carbonyl (C=O) groups excluding carboxylic acids is 3. The molecule has 1 unspecified atom stereocenters. The molecule has 7 nitrogen and oxygen atoms in total. The number of benzene rings is 1. The van der Waals surface area contributed by atoms with Crippen molar-refractivity contribution in [1.29, 1.82) is 0 Å². The number of amides is 2. The molecular weight excluding hydrogens is 406 g/mol. The summed E-state index contributed by atoms with van der Waals surface area (Å²) in [7, 11) is 1.56. The molecule has 7 heteroatoms. The maximum absolute atomic E-state index is 13.1. The van der Waals surface area contributed by atoms with Crippen LogP contribution < -0.4 is 15.4 Å². The molecule has 0 spiro atoms. The van der Waals surface area contributed by atoms with Crippen LogP contribution in [0.4, 0.5) is 5.69 Å². The number of hydrogen-bond acceptors (Lipinski definition) is 4. The van der Waals surface area contributed by atoms with Gasteiger partial charge in [-0.1, -0.05) is 39.7 Å². The van der Waals surface area contributed by atoms with E-state index < -0.39 is 6.04 Å². The summed E-state index contributed by atoms with van der Waals surface area (Å²) in [6, 6.07) is 6.40. The highest BCUT2D eigenvalue weighted by molar-refractivity contribution is 6.06. The van der Waals surface area contributed by atoms with Crippen LogP contribution >= 0.6 is 0 Å². The molecule has 0 saturated carbocycles. The van der Waals surface area contributed by atoms with E-state index in [1.54, 1.807) is 38.3 Å². The third-order valence-electron chi connectivity index (χ3n) is 5.93. The van der Waals surface area contributed by atoms with E-state index in [4.69, 9.17) is 4.74 Å². The van der Waals surface area contributed by atoms with E-state index in [-0.39, 0.29) is 23.0 Å². The predicted molar refractivity (Wildman–Crippen MR) is 124 cm³/mol. The lowest BCUT2D eigenvalue weighted by atomic mass is 9.75. The number of methoxy groups -OCH3 is 1. The Bertz CT molecular complexity index is 1020. The van der Waals surface area contributed by atoms with Gasteiger partial charge in [-0.05, 0) is 42.9 Å². The van der Waals surface area contributed by atoms with E-state index in [2.05, 4.69) is 15.6 Å². The van der Waals surface area contributed by atoms with Crippen LogP contribution in [0.3, 0.4) is 0 Å². The number of hydrogen-bond donors (Lipinski definition) is 3. The third-order valence-corrected chi connectivity index (χ3v) is 5.93. The molecule has 1 heterocycles. The molecule has 1 aromatic carbocycles. The number of fused-ring (bicyclic) bond motifs is 1.